The predicted octanol–water partition coefficient (Wildman–Crippen LogP) is 2.19. The second kappa shape index (κ2) is 10.4. The Labute approximate surface area is 154 Å². The number of nitrogens with zero attached hydrogens (tertiary/aromatic N) is 1. The number of thioether (sulfide) groups is 1. The van der Waals surface area contributed by atoms with E-state index in [0.29, 0.717) is 23.1 Å². The molecule has 0 aliphatic carbocycles. The Balaban J connectivity index is 2.05. The number of hydrogen-bond donors (Lipinski definition) is 3. The van der Waals surface area contributed by atoms with Gasteiger partial charge < -0.3 is 25.2 Å². The van der Waals surface area contributed by atoms with E-state index in [0.717, 1.165) is 24.7 Å². The van der Waals surface area contributed by atoms with Crippen LogP contribution >= 0.6 is 11.8 Å². The zero-order valence-corrected chi connectivity index (χ0v) is 16.1. The molecule has 0 saturated carbocycles. The summed E-state index contributed by atoms with van der Waals surface area (Å²) in [5.41, 5.74) is 0.676. The van der Waals surface area contributed by atoms with E-state index in [1.165, 1.54) is 12.2 Å². The van der Waals surface area contributed by atoms with Crippen LogP contribution in [-0.2, 0) is 0 Å². The standard InChI is InChI=1S/C18H29N3O3S/c1-4-19-18(21-13-6-5-9-25-12-13)20-11-16(22)15-10-14(23-2)7-8-17(15)24-3/h7-8,10,13,16,22H,4-6,9,11-12H2,1-3H3,(H2,19,20,21). The van der Waals surface area contributed by atoms with Crippen molar-refractivity contribution in [2.45, 2.75) is 31.9 Å². The minimum atomic E-state index is -0.763. The Morgan fingerprint density at radius 2 is 2.24 bits per heavy atom. The topological polar surface area (TPSA) is 75.1 Å². The third-order valence-electron chi connectivity index (χ3n) is 4.06. The van der Waals surface area contributed by atoms with Crippen LogP contribution in [0.15, 0.2) is 23.2 Å². The fraction of sp³-hybridized carbons (Fsp3) is 0.611. The van der Waals surface area contributed by atoms with Gasteiger partial charge in [0.05, 0.1) is 20.8 Å². The summed E-state index contributed by atoms with van der Waals surface area (Å²) in [6.07, 6.45) is 1.62. The molecule has 140 valence electrons. The zero-order chi connectivity index (χ0) is 18.1. The van der Waals surface area contributed by atoms with Gasteiger partial charge in [-0.3, -0.25) is 4.99 Å². The molecule has 2 rings (SSSR count). The lowest BCUT2D eigenvalue weighted by atomic mass is 10.1. The van der Waals surface area contributed by atoms with Crippen LogP contribution in [0.3, 0.4) is 0 Å². The summed E-state index contributed by atoms with van der Waals surface area (Å²) in [6.45, 7) is 3.07. The first kappa shape index (κ1) is 19.7. The minimum Gasteiger partial charge on any atom is -0.497 e. The number of aliphatic hydroxyl groups excluding tert-OH is 1. The first-order valence-electron chi connectivity index (χ1n) is 8.70. The SMILES string of the molecule is CCNC(=NCC(O)c1cc(OC)ccc1OC)NC1CCCSC1. The van der Waals surface area contributed by atoms with Crippen LogP contribution in [0.1, 0.15) is 31.4 Å². The highest BCUT2D eigenvalue weighted by Crippen LogP contribution is 2.29. The van der Waals surface area contributed by atoms with Gasteiger partial charge in [-0.15, -0.1) is 0 Å². The van der Waals surface area contributed by atoms with Crippen molar-refractivity contribution in [1.82, 2.24) is 10.6 Å². The molecule has 2 atom stereocenters. The van der Waals surface area contributed by atoms with E-state index >= 15 is 0 Å². The number of guanidine groups is 1. The molecule has 0 amide bonds. The fourth-order valence-electron chi connectivity index (χ4n) is 2.74. The van der Waals surface area contributed by atoms with E-state index in [1.807, 2.05) is 24.8 Å². The molecule has 1 fully saturated rings. The molecule has 25 heavy (non-hydrogen) atoms. The van der Waals surface area contributed by atoms with Crippen LogP contribution < -0.4 is 20.1 Å². The van der Waals surface area contributed by atoms with Gasteiger partial charge >= 0.3 is 0 Å². The van der Waals surface area contributed by atoms with Gasteiger partial charge in [-0.25, -0.2) is 0 Å². The van der Waals surface area contributed by atoms with E-state index in [2.05, 4.69) is 15.6 Å². The molecule has 1 saturated heterocycles. The van der Waals surface area contributed by atoms with Gasteiger partial charge in [0.15, 0.2) is 5.96 Å². The van der Waals surface area contributed by atoms with E-state index in [4.69, 9.17) is 9.47 Å². The largest absolute Gasteiger partial charge is 0.497 e. The summed E-state index contributed by atoms with van der Waals surface area (Å²) in [4.78, 5) is 4.55. The van der Waals surface area contributed by atoms with Gasteiger partial charge in [-0.05, 0) is 43.7 Å². The maximum Gasteiger partial charge on any atom is 0.191 e. The quantitative estimate of drug-likeness (QED) is 0.507. The van der Waals surface area contributed by atoms with Crippen molar-refractivity contribution in [2.75, 3.05) is 38.8 Å². The zero-order valence-electron chi connectivity index (χ0n) is 15.2. The summed E-state index contributed by atoms with van der Waals surface area (Å²) >= 11 is 1.97. The van der Waals surface area contributed by atoms with Crippen molar-refractivity contribution in [1.29, 1.82) is 0 Å². The molecule has 0 bridgehead atoms. The highest BCUT2D eigenvalue weighted by Gasteiger charge is 2.17. The molecule has 1 aliphatic heterocycles. The average molecular weight is 368 g/mol. The fourth-order valence-corrected chi connectivity index (χ4v) is 3.82. The highest BCUT2D eigenvalue weighted by atomic mass is 32.2. The van der Waals surface area contributed by atoms with Gasteiger partial charge in [-0.1, -0.05) is 0 Å². The first-order chi connectivity index (χ1) is 12.2. The normalized spacial score (nSPS) is 19.2. The van der Waals surface area contributed by atoms with Crippen LogP contribution in [0.2, 0.25) is 0 Å². The van der Waals surface area contributed by atoms with Gasteiger partial charge in [0, 0.05) is 23.9 Å². The molecule has 0 spiro atoms. The Bertz CT molecular complexity index is 562. The predicted molar refractivity (Wildman–Crippen MR) is 104 cm³/mol. The van der Waals surface area contributed by atoms with Gasteiger partial charge in [0.25, 0.3) is 0 Å². The first-order valence-corrected chi connectivity index (χ1v) is 9.86. The highest BCUT2D eigenvalue weighted by molar-refractivity contribution is 7.99. The molecule has 0 aromatic heterocycles. The van der Waals surface area contributed by atoms with Crippen molar-refractivity contribution in [2.24, 2.45) is 4.99 Å². The summed E-state index contributed by atoms with van der Waals surface area (Å²) in [7, 11) is 3.19. The van der Waals surface area contributed by atoms with Gasteiger partial charge in [0.1, 0.15) is 17.6 Å². The number of hydrogen-bond acceptors (Lipinski definition) is 5. The monoisotopic (exact) mass is 367 g/mol. The Morgan fingerprint density at radius 1 is 1.40 bits per heavy atom. The number of methoxy groups -OCH3 is 2. The van der Waals surface area contributed by atoms with Crippen LogP contribution in [0.25, 0.3) is 0 Å². The van der Waals surface area contributed by atoms with E-state index in [-0.39, 0.29) is 6.54 Å². The summed E-state index contributed by atoms with van der Waals surface area (Å²) < 4.78 is 10.6. The molecule has 1 aromatic carbocycles. The third-order valence-corrected chi connectivity index (χ3v) is 5.28. The molecule has 6 nitrogen and oxygen atoms in total. The lowest BCUT2D eigenvalue weighted by Crippen LogP contribution is -2.45. The maximum absolute atomic E-state index is 10.6. The lowest BCUT2D eigenvalue weighted by molar-refractivity contribution is 0.182. The van der Waals surface area contributed by atoms with Crippen molar-refractivity contribution in [3.05, 3.63) is 23.8 Å². The second-order valence-electron chi connectivity index (χ2n) is 5.90. The van der Waals surface area contributed by atoms with E-state index in [1.54, 1.807) is 26.4 Å². The molecular formula is C18H29N3O3S. The average Bonchev–Trinajstić information content (AvgIpc) is 2.66. The Kier molecular flexibility index (Phi) is 8.21. The van der Waals surface area contributed by atoms with Crippen LogP contribution in [0.5, 0.6) is 11.5 Å². The molecule has 7 heteroatoms. The Morgan fingerprint density at radius 3 is 2.88 bits per heavy atom. The smallest absolute Gasteiger partial charge is 0.191 e. The molecule has 0 radical (unpaired) electrons. The van der Waals surface area contributed by atoms with Gasteiger partial charge in [-0.2, -0.15) is 11.8 Å². The lowest BCUT2D eigenvalue weighted by Gasteiger charge is -2.25. The van der Waals surface area contributed by atoms with E-state index in [9.17, 15) is 5.11 Å². The molecule has 1 heterocycles. The third kappa shape index (κ3) is 6.01. The molecular weight excluding hydrogens is 338 g/mol. The summed E-state index contributed by atoms with van der Waals surface area (Å²) in [5.74, 6) is 4.39. The molecule has 2 unspecified atom stereocenters. The van der Waals surface area contributed by atoms with Crippen LogP contribution in [0, 0.1) is 0 Å². The summed E-state index contributed by atoms with van der Waals surface area (Å²) in [6, 6.07) is 5.83. The van der Waals surface area contributed by atoms with Crippen molar-refractivity contribution < 1.29 is 14.6 Å². The van der Waals surface area contributed by atoms with E-state index < -0.39 is 6.10 Å². The van der Waals surface area contributed by atoms with Gasteiger partial charge in [0.2, 0.25) is 0 Å². The number of aliphatic imine (C=N–C) groups is 1. The second-order valence-corrected chi connectivity index (χ2v) is 7.05. The number of ether oxygens (including phenoxy) is 2. The van der Waals surface area contributed by atoms with Crippen LogP contribution in [0.4, 0.5) is 0 Å². The maximum atomic E-state index is 10.6. The summed E-state index contributed by atoms with van der Waals surface area (Å²) in [5, 5.41) is 17.3. The molecule has 1 aliphatic rings. The number of aliphatic hydroxyl groups is 1. The number of nitrogens with one attached hydrogen (secondary N) is 2. The minimum absolute atomic E-state index is 0.249. The number of rotatable bonds is 7. The van der Waals surface area contributed by atoms with Crippen molar-refractivity contribution in [3.63, 3.8) is 0 Å². The Hall–Kier alpha value is -1.60. The number of benzene rings is 1. The molecule has 3 N–H and O–H groups in total. The van der Waals surface area contributed by atoms with Crippen LogP contribution in [-0.4, -0.2) is 55.9 Å². The van der Waals surface area contributed by atoms with Crippen molar-refractivity contribution in [3.8, 4) is 11.5 Å². The van der Waals surface area contributed by atoms with Crippen molar-refractivity contribution >= 4 is 17.7 Å². The molecule has 1 aromatic rings.